The average Bonchev–Trinajstić information content (AvgIpc) is 2.03. The topological polar surface area (TPSA) is 12.9 Å². The highest BCUT2D eigenvalue weighted by atomic mass is 79.9. The van der Waals surface area contributed by atoms with Crippen molar-refractivity contribution in [3.05, 3.63) is 28.5 Å². The number of rotatable bonds is 2. The van der Waals surface area contributed by atoms with E-state index in [9.17, 15) is 0 Å². The lowest BCUT2D eigenvalue weighted by atomic mass is 10.1. The molecule has 0 spiro atoms. The Morgan fingerprint density at radius 2 is 2.33 bits per heavy atom. The maximum Gasteiger partial charge on any atom is 0.133 e. The zero-order chi connectivity index (χ0) is 9.14. The number of pyridine rings is 1. The molecule has 12 heavy (non-hydrogen) atoms. The fraction of sp³-hybridized carbons (Fsp3) is 0.375. The molecule has 1 aromatic heterocycles. The Balaban J connectivity index is 3.12. The molecule has 1 nitrogen and oxygen atoms in total. The van der Waals surface area contributed by atoms with E-state index in [0.29, 0.717) is 5.15 Å². The minimum Gasteiger partial charge on any atom is -0.244 e. The molecule has 0 aliphatic rings. The van der Waals surface area contributed by atoms with E-state index >= 15 is 0 Å². The molecule has 0 amide bonds. The predicted molar refractivity (Wildman–Crippen MR) is 59.4 cm³/mol. The van der Waals surface area contributed by atoms with E-state index < -0.39 is 0 Å². The first-order valence-corrected chi connectivity index (χ1v) is 5.89. The average molecular weight is 313 g/mol. The summed E-state index contributed by atoms with van der Waals surface area (Å²) in [6.07, 6.45) is 1.72. The standard InChI is InChI=1S/C8H8Br2ClN/c1-5-2-3-12-8(11)7(5)6(10)4-9/h2-3,6H,4H2,1H3. The molecule has 0 N–H and O–H groups in total. The van der Waals surface area contributed by atoms with Crippen LogP contribution in [0.3, 0.4) is 0 Å². The molecule has 1 heterocycles. The number of hydrogen-bond donors (Lipinski definition) is 0. The smallest absolute Gasteiger partial charge is 0.133 e. The van der Waals surface area contributed by atoms with Crippen LogP contribution in [0.15, 0.2) is 12.3 Å². The normalized spacial score (nSPS) is 13.0. The van der Waals surface area contributed by atoms with Gasteiger partial charge in [-0.2, -0.15) is 0 Å². The van der Waals surface area contributed by atoms with Gasteiger partial charge in [-0.15, -0.1) is 0 Å². The van der Waals surface area contributed by atoms with Gasteiger partial charge in [0.25, 0.3) is 0 Å². The van der Waals surface area contributed by atoms with E-state index in [-0.39, 0.29) is 4.83 Å². The minimum atomic E-state index is 0.235. The lowest BCUT2D eigenvalue weighted by Crippen LogP contribution is -1.97. The van der Waals surface area contributed by atoms with Crippen molar-refractivity contribution in [1.82, 2.24) is 4.98 Å². The molecular weight excluding hydrogens is 305 g/mol. The van der Waals surface area contributed by atoms with Crippen molar-refractivity contribution in [3.8, 4) is 0 Å². The summed E-state index contributed by atoms with van der Waals surface area (Å²) in [5.41, 5.74) is 2.23. The van der Waals surface area contributed by atoms with Crippen molar-refractivity contribution in [2.75, 3.05) is 5.33 Å². The van der Waals surface area contributed by atoms with Crippen LogP contribution in [0.4, 0.5) is 0 Å². The first kappa shape index (κ1) is 10.5. The molecule has 0 fully saturated rings. The molecular formula is C8H8Br2ClN. The molecule has 0 aromatic carbocycles. The van der Waals surface area contributed by atoms with Gasteiger partial charge in [-0.25, -0.2) is 4.98 Å². The van der Waals surface area contributed by atoms with Crippen LogP contribution in [0, 0.1) is 6.92 Å². The summed E-state index contributed by atoms with van der Waals surface area (Å²) < 4.78 is 0. The van der Waals surface area contributed by atoms with E-state index in [0.717, 1.165) is 16.5 Å². The number of aryl methyl sites for hydroxylation is 1. The highest BCUT2D eigenvalue weighted by Gasteiger charge is 2.12. The number of alkyl halides is 2. The van der Waals surface area contributed by atoms with Crippen molar-refractivity contribution < 1.29 is 0 Å². The van der Waals surface area contributed by atoms with Gasteiger partial charge in [-0.1, -0.05) is 43.5 Å². The number of hydrogen-bond acceptors (Lipinski definition) is 1. The summed E-state index contributed by atoms with van der Waals surface area (Å²) in [5.74, 6) is 0. The van der Waals surface area contributed by atoms with Crippen LogP contribution < -0.4 is 0 Å². The van der Waals surface area contributed by atoms with Crippen LogP contribution >= 0.6 is 43.5 Å². The van der Waals surface area contributed by atoms with E-state index in [1.54, 1.807) is 6.20 Å². The summed E-state index contributed by atoms with van der Waals surface area (Å²) >= 11 is 12.8. The first-order chi connectivity index (χ1) is 5.66. The molecule has 0 aliphatic carbocycles. The molecule has 66 valence electrons. The van der Waals surface area contributed by atoms with Crippen molar-refractivity contribution in [1.29, 1.82) is 0 Å². The maximum absolute atomic E-state index is 5.94. The fourth-order valence-corrected chi connectivity index (χ4v) is 2.36. The van der Waals surface area contributed by atoms with Crippen molar-refractivity contribution in [3.63, 3.8) is 0 Å². The Morgan fingerprint density at radius 3 is 2.83 bits per heavy atom. The molecule has 0 saturated heterocycles. The van der Waals surface area contributed by atoms with E-state index in [1.165, 1.54) is 0 Å². The molecule has 0 bridgehead atoms. The number of aromatic nitrogens is 1. The quantitative estimate of drug-likeness (QED) is 0.596. The van der Waals surface area contributed by atoms with Crippen molar-refractivity contribution in [2.24, 2.45) is 0 Å². The van der Waals surface area contributed by atoms with Crippen LogP contribution in [0.2, 0.25) is 5.15 Å². The first-order valence-electron chi connectivity index (χ1n) is 3.48. The molecule has 1 rings (SSSR count). The second kappa shape index (κ2) is 4.58. The number of nitrogens with zero attached hydrogens (tertiary/aromatic N) is 1. The fourth-order valence-electron chi connectivity index (χ4n) is 0.990. The zero-order valence-corrected chi connectivity index (χ0v) is 10.4. The molecule has 1 aromatic rings. The summed E-state index contributed by atoms with van der Waals surface area (Å²) in [4.78, 5) is 4.26. The van der Waals surface area contributed by atoms with Crippen LogP contribution in [0.1, 0.15) is 16.0 Å². The van der Waals surface area contributed by atoms with Crippen LogP contribution in [-0.2, 0) is 0 Å². The Bertz CT molecular complexity index is 258. The largest absolute Gasteiger partial charge is 0.244 e. The molecule has 4 heteroatoms. The highest BCUT2D eigenvalue weighted by molar-refractivity contribution is 9.12. The van der Waals surface area contributed by atoms with E-state index in [1.807, 2.05) is 13.0 Å². The van der Waals surface area contributed by atoms with Gasteiger partial charge in [0.2, 0.25) is 0 Å². The van der Waals surface area contributed by atoms with E-state index in [4.69, 9.17) is 11.6 Å². The number of halogens is 3. The SMILES string of the molecule is Cc1ccnc(Cl)c1C(Br)CBr. The lowest BCUT2D eigenvalue weighted by Gasteiger charge is -2.10. The third-order valence-electron chi connectivity index (χ3n) is 1.61. The van der Waals surface area contributed by atoms with E-state index in [2.05, 4.69) is 36.8 Å². The van der Waals surface area contributed by atoms with Gasteiger partial charge in [0.15, 0.2) is 0 Å². The zero-order valence-electron chi connectivity index (χ0n) is 6.52. The second-order valence-corrected chi connectivity index (χ2v) is 4.56. The van der Waals surface area contributed by atoms with Gasteiger partial charge in [-0.3, -0.25) is 0 Å². The molecule has 1 atom stereocenters. The van der Waals surface area contributed by atoms with Crippen LogP contribution in [-0.4, -0.2) is 10.3 Å². The summed E-state index contributed by atoms with van der Waals surface area (Å²) in [6, 6.07) is 1.96. The van der Waals surface area contributed by atoms with Crippen LogP contribution in [0.5, 0.6) is 0 Å². The maximum atomic E-state index is 5.94. The highest BCUT2D eigenvalue weighted by Crippen LogP contribution is 2.31. The lowest BCUT2D eigenvalue weighted by molar-refractivity contribution is 1.08. The molecule has 0 radical (unpaired) electrons. The summed E-state index contributed by atoms with van der Waals surface area (Å²) in [6.45, 7) is 2.03. The van der Waals surface area contributed by atoms with Gasteiger partial charge >= 0.3 is 0 Å². The Kier molecular flexibility index (Phi) is 4.00. The van der Waals surface area contributed by atoms with Gasteiger partial charge in [0.05, 0.1) is 4.83 Å². The van der Waals surface area contributed by atoms with Crippen LogP contribution in [0.25, 0.3) is 0 Å². The Labute approximate surface area is 93.8 Å². The predicted octanol–water partition coefficient (Wildman–Crippen LogP) is 3.87. The minimum absolute atomic E-state index is 0.235. The summed E-state index contributed by atoms with van der Waals surface area (Å²) in [7, 11) is 0. The third kappa shape index (κ3) is 2.21. The van der Waals surface area contributed by atoms with Gasteiger partial charge in [0, 0.05) is 17.1 Å². The Morgan fingerprint density at radius 1 is 1.67 bits per heavy atom. The second-order valence-electron chi connectivity index (χ2n) is 2.45. The van der Waals surface area contributed by atoms with Gasteiger partial charge < -0.3 is 0 Å². The summed E-state index contributed by atoms with van der Waals surface area (Å²) in [5, 5.41) is 1.41. The molecule has 0 aliphatic heterocycles. The molecule has 0 saturated carbocycles. The molecule has 1 unspecified atom stereocenters. The van der Waals surface area contributed by atoms with Gasteiger partial charge in [0.1, 0.15) is 5.15 Å². The Hall–Kier alpha value is 0.400. The monoisotopic (exact) mass is 311 g/mol. The third-order valence-corrected chi connectivity index (χ3v) is 4.21. The van der Waals surface area contributed by atoms with Crippen molar-refractivity contribution in [2.45, 2.75) is 11.8 Å². The van der Waals surface area contributed by atoms with Gasteiger partial charge in [-0.05, 0) is 18.6 Å². The van der Waals surface area contributed by atoms with Crippen molar-refractivity contribution >= 4 is 43.5 Å².